The summed E-state index contributed by atoms with van der Waals surface area (Å²) in [7, 11) is 0. The molecule has 0 radical (unpaired) electrons. The van der Waals surface area contributed by atoms with Crippen molar-refractivity contribution in [3.8, 4) is 33.8 Å². The molecular formula is C31H22FNO. The van der Waals surface area contributed by atoms with Crippen LogP contribution in [0.5, 0.6) is 11.5 Å². The zero-order chi connectivity index (χ0) is 23.0. The molecule has 0 aromatic heterocycles. The highest BCUT2D eigenvalue weighted by molar-refractivity contribution is 6.11. The van der Waals surface area contributed by atoms with Gasteiger partial charge in [0.05, 0.1) is 5.69 Å². The zero-order valence-corrected chi connectivity index (χ0v) is 18.9. The fourth-order valence-electron chi connectivity index (χ4n) is 5.57. The molecule has 0 atom stereocenters. The first-order chi connectivity index (χ1) is 16.5. The van der Waals surface area contributed by atoms with Crippen molar-refractivity contribution in [1.29, 1.82) is 0 Å². The minimum Gasteiger partial charge on any atom is -0.454 e. The van der Waals surface area contributed by atoms with Gasteiger partial charge in [0.2, 0.25) is 0 Å². The number of rotatable bonds is 1. The molecule has 164 valence electrons. The lowest BCUT2D eigenvalue weighted by molar-refractivity contribution is 0.422. The molecule has 5 aromatic carbocycles. The van der Waals surface area contributed by atoms with Crippen molar-refractivity contribution < 1.29 is 9.13 Å². The van der Waals surface area contributed by atoms with Gasteiger partial charge in [-0.1, -0.05) is 80.6 Å². The second-order valence-electron chi connectivity index (χ2n) is 9.62. The Morgan fingerprint density at radius 2 is 1.41 bits per heavy atom. The zero-order valence-electron chi connectivity index (χ0n) is 18.9. The summed E-state index contributed by atoms with van der Waals surface area (Å²) in [6.45, 7) is 4.31. The summed E-state index contributed by atoms with van der Waals surface area (Å²) in [5, 5.41) is 5.72. The topological polar surface area (TPSA) is 21.3 Å². The van der Waals surface area contributed by atoms with E-state index in [1.807, 2.05) is 24.3 Å². The van der Waals surface area contributed by atoms with Gasteiger partial charge in [-0.15, -0.1) is 0 Å². The van der Waals surface area contributed by atoms with Crippen molar-refractivity contribution in [2.45, 2.75) is 19.3 Å². The van der Waals surface area contributed by atoms with E-state index in [0.717, 1.165) is 55.6 Å². The third kappa shape index (κ3) is 2.55. The van der Waals surface area contributed by atoms with Crippen molar-refractivity contribution in [3.05, 3.63) is 108 Å². The highest BCUT2D eigenvalue weighted by atomic mass is 19.1. The van der Waals surface area contributed by atoms with Crippen molar-refractivity contribution in [2.24, 2.45) is 0 Å². The summed E-state index contributed by atoms with van der Waals surface area (Å²) >= 11 is 0. The fourth-order valence-corrected chi connectivity index (χ4v) is 5.57. The van der Waals surface area contributed by atoms with E-state index in [1.165, 1.54) is 6.07 Å². The number of para-hydroxylation sites is 1. The van der Waals surface area contributed by atoms with Crippen molar-refractivity contribution in [3.63, 3.8) is 0 Å². The van der Waals surface area contributed by atoms with Crippen molar-refractivity contribution >= 4 is 22.1 Å². The molecule has 0 spiro atoms. The lowest BCUT2D eigenvalue weighted by Gasteiger charge is -2.36. The van der Waals surface area contributed by atoms with Crippen LogP contribution in [0, 0.1) is 5.82 Å². The van der Waals surface area contributed by atoms with Crippen molar-refractivity contribution in [1.82, 2.24) is 0 Å². The van der Waals surface area contributed by atoms with Crippen LogP contribution in [0.3, 0.4) is 0 Å². The van der Waals surface area contributed by atoms with Crippen LogP contribution in [0.15, 0.2) is 91.0 Å². The van der Waals surface area contributed by atoms with Gasteiger partial charge >= 0.3 is 0 Å². The average Bonchev–Trinajstić information content (AvgIpc) is 2.90. The third-order valence-electron chi connectivity index (χ3n) is 7.29. The summed E-state index contributed by atoms with van der Waals surface area (Å²) in [6, 6.07) is 30.5. The molecule has 0 saturated heterocycles. The second kappa shape index (κ2) is 6.71. The lowest BCUT2D eigenvalue weighted by Crippen LogP contribution is -2.25. The number of hydrogen-bond acceptors (Lipinski definition) is 2. The van der Waals surface area contributed by atoms with Gasteiger partial charge in [-0.3, -0.25) is 0 Å². The van der Waals surface area contributed by atoms with E-state index in [0.29, 0.717) is 11.4 Å². The van der Waals surface area contributed by atoms with E-state index in [4.69, 9.17) is 4.74 Å². The third-order valence-corrected chi connectivity index (χ3v) is 7.29. The Labute approximate surface area is 197 Å². The number of ether oxygens (including phenoxy) is 1. The molecule has 2 nitrogen and oxygen atoms in total. The Bertz CT molecular complexity index is 1640. The Balaban J connectivity index is 1.72. The van der Waals surface area contributed by atoms with Crippen LogP contribution in [-0.4, -0.2) is 0 Å². The lowest BCUT2D eigenvalue weighted by atomic mass is 9.73. The summed E-state index contributed by atoms with van der Waals surface area (Å²) in [5.41, 5.74) is 7.49. The molecule has 0 unspecified atom stereocenters. The molecule has 2 bridgehead atoms. The molecule has 2 aliphatic heterocycles. The van der Waals surface area contributed by atoms with Gasteiger partial charge < -0.3 is 10.1 Å². The van der Waals surface area contributed by atoms with E-state index < -0.39 is 5.41 Å². The summed E-state index contributed by atoms with van der Waals surface area (Å²) < 4.78 is 21.7. The minimum atomic E-state index is -0.456. The molecule has 2 heterocycles. The van der Waals surface area contributed by atoms with Gasteiger partial charge in [-0.25, -0.2) is 4.39 Å². The van der Waals surface area contributed by atoms with Gasteiger partial charge in [-0.05, 0) is 40.3 Å². The van der Waals surface area contributed by atoms with Crippen LogP contribution in [0.1, 0.15) is 25.0 Å². The predicted molar refractivity (Wildman–Crippen MR) is 137 cm³/mol. The molecule has 34 heavy (non-hydrogen) atoms. The van der Waals surface area contributed by atoms with E-state index in [2.05, 4.69) is 73.8 Å². The molecule has 1 N–H and O–H groups in total. The van der Waals surface area contributed by atoms with Gasteiger partial charge in [0.15, 0.2) is 5.75 Å². The van der Waals surface area contributed by atoms with Gasteiger partial charge in [-0.2, -0.15) is 0 Å². The quantitative estimate of drug-likeness (QED) is 0.274. The van der Waals surface area contributed by atoms with Crippen molar-refractivity contribution in [2.75, 3.05) is 5.32 Å². The maximum absolute atomic E-state index is 14.9. The second-order valence-corrected chi connectivity index (χ2v) is 9.62. The Morgan fingerprint density at radius 1 is 0.676 bits per heavy atom. The molecule has 2 aliphatic rings. The van der Waals surface area contributed by atoms with Crippen LogP contribution in [-0.2, 0) is 5.41 Å². The van der Waals surface area contributed by atoms with E-state index in [1.54, 1.807) is 6.07 Å². The number of fused-ring (bicyclic) bond motifs is 2. The van der Waals surface area contributed by atoms with Gasteiger partial charge in [0, 0.05) is 39.2 Å². The molecule has 3 heteroatoms. The summed E-state index contributed by atoms with van der Waals surface area (Å²) in [6.07, 6.45) is 0. The van der Waals surface area contributed by atoms with Crippen LogP contribution in [0.4, 0.5) is 15.8 Å². The highest BCUT2D eigenvalue weighted by Crippen LogP contribution is 2.57. The van der Waals surface area contributed by atoms with Crippen LogP contribution in [0.2, 0.25) is 0 Å². The van der Waals surface area contributed by atoms with E-state index in [-0.39, 0.29) is 5.82 Å². The first kappa shape index (κ1) is 19.4. The molecular weight excluding hydrogens is 421 g/mol. The molecule has 7 rings (SSSR count). The van der Waals surface area contributed by atoms with Gasteiger partial charge in [0.1, 0.15) is 11.6 Å². The van der Waals surface area contributed by atoms with Crippen LogP contribution < -0.4 is 10.1 Å². The average molecular weight is 444 g/mol. The maximum Gasteiger partial charge on any atom is 0.155 e. The largest absolute Gasteiger partial charge is 0.454 e. The summed E-state index contributed by atoms with van der Waals surface area (Å²) in [5.74, 6) is 1.27. The monoisotopic (exact) mass is 443 g/mol. The molecule has 0 amide bonds. The number of halogens is 1. The first-order valence-corrected chi connectivity index (χ1v) is 11.6. The minimum absolute atomic E-state index is 0.278. The first-order valence-electron chi connectivity index (χ1n) is 11.6. The highest BCUT2D eigenvalue weighted by Gasteiger charge is 2.39. The Kier molecular flexibility index (Phi) is 3.82. The number of hydrogen-bond donors (Lipinski definition) is 1. The van der Waals surface area contributed by atoms with Crippen LogP contribution in [0.25, 0.3) is 33.0 Å². The Hall–Kier alpha value is -4.11. The number of anilines is 2. The molecule has 5 aromatic rings. The fraction of sp³-hybridized carbons (Fsp3) is 0.0968. The number of nitrogens with one attached hydrogen (secondary N) is 1. The molecule has 0 fully saturated rings. The normalized spacial score (nSPS) is 14.4. The summed E-state index contributed by atoms with van der Waals surface area (Å²) in [4.78, 5) is 0. The van der Waals surface area contributed by atoms with E-state index in [9.17, 15) is 4.39 Å². The molecule has 0 saturated carbocycles. The van der Waals surface area contributed by atoms with Crippen LogP contribution >= 0.6 is 0 Å². The predicted octanol–water partition coefficient (Wildman–Crippen LogP) is 8.80. The number of benzene rings is 5. The van der Waals surface area contributed by atoms with E-state index >= 15 is 0 Å². The SMILES string of the molecule is CC1(C)c2cc(F)cc3c2Oc2c1cc(-c1ccccc1)c1cccc(c21)-c1ccccc1N3. The smallest absolute Gasteiger partial charge is 0.155 e. The Morgan fingerprint density at radius 3 is 2.26 bits per heavy atom. The molecule has 0 aliphatic carbocycles. The standard InChI is InChI=1S/C31H22FNO/c1-31(2)24-15-19(32)16-27-29(24)34-30-25(31)17-23(18-9-4-3-5-10-18)22-13-8-12-21(28(22)30)20-11-6-7-14-26(20)33-27/h3-17,33H,1-2H3. The van der Waals surface area contributed by atoms with Gasteiger partial charge in [0.25, 0.3) is 0 Å². The maximum atomic E-state index is 14.9.